The molecule has 0 saturated heterocycles. The summed E-state index contributed by atoms with van der Waals surface area (Å²) in [5.41, 5.74) is 0.651. The third-order valence-electron chi connectivity index (χ3n) is 1.64. The largest absolute Gasteiger partial charge is 0.396 e. The molecule has 0 aliphatic rings. The Bertz CT molecular complexity index is 263. The van der Waals surface area contributed by atoms with E-state index in [-0.39, 0.29) is 12.4 Å². The second-order valence-corrected chi connectivity index (χ2v) is 3.39. The Kier molecular flexibility index (Phi) is 3.69. The molecule has 12 heavy (non-hydrogen) atoms. The van der Waals surface area contributed by atoms with Crippen LogP contribution in [0.5, 0.6) is 0 Å². The Balaban J connectivity index is 2.78. The van der Waals surface area contributed by atoms with Gasteiger partial charge in [0.25, 0.3) is 0 Å². The third kappa shape index (κ3) is 2.29. The minimum Gasteiger partial charge on any atom is -0.396 e. The molecule has 1 rings (SSSR count). The minimum absolute atomic E-state index is 0.103. The Morgan fingerprint density at radius 2 is 2.17 bits per heavy atom. The molecule has 0 fully saturated rings. The predicted octanol–water partition coefficient (Wildman–Crippen LogP) is 2.51. The van der Waals surface area contributed by atoms with Crippen molar-refractivity contribution in [3.8, 4) is 0 Å². The van der Waals surface area contributed by atoms with Gasteiger partial charge in [-0.2, -0.15) is 0 Å². The van der Waals surface area contributed by atoms with Crippen molar-refractivity contribution in [2.24, 2.45) is 0 Å². The fourth-order valence-electron chi connectivity index (χ4n) is 1.01. The highest BCUT2D eigenvalue weighted by molar-refractivity contribution is 9.10. The van der Waals surface area contributed by atoms with Crippen molar-refractivity contribution in [2.75, 3.05) is 6.61 Å². The van der Waals surface area contributed by atoms with Gasteiger partial charge in [-0.1, -0.05) is 12.1 Å². The summed E-state index contributed by atoms with van der Waals surface area (Å²) in [6.07, 6.45) is 1.19. The van der Waals surface area contributed by atoms with Crippen LogP contribution in [0.15, 0.2) is 22.7 Å². The maximum atomic E-state index is 13.2. The van der Waals surface area contributed by atoms with E-state index < -0.39 is 0 Å². The molecule has 0 heterocycles. The van der Waals surface area contributed by atoms with Crippen LogP contribution in [0.4, 0.5) is 4.39 Å². The lowest BCUT2D eigenvalue weighted by Crippen LogP contribution is -1.93. The van der Waals surface area contributed by atoms with E-state index in [4.69, 9.17) is 5.11 Å². The van der Waals surface area contributed by atoms with Crippen molar-refractivity contribution in [3.05, 3.63) is 34.1 Å². The zero-order valence-electron chi connectivity index (χ0n) is 6.56. The Hall–Kier alpha value is -0.410. The summed E-state index contributed by atoms with van der Waals surface area (Å²) in [4.78, 5) is 0. The molecule has 66 valence electrons. The van der Waals surface area contributed by atoms with Crippen LogP contribution in [0.2, 0.25) is 0 Å². The van der Waals surface area contributed by atoms with E-state index in [1.807, 2.05) is 0 Å². The van der Waals surface area contributed by atoms with Crippen LogP contribution in [0.25, 0.3) is 0 Å². The highest BCUT2D eigenvalue weighted by atomic mass is 79.9. The molecule has 1 aromatic rings. The van der Waals surface area contributed by atoms with Crippen LogP contribution in [0.1, 0.15) is 12.0 Å². The first-order valence-corrected chi connectivity index (χ1v) is 4.58. The zero-order valence-corrected chi connectivity index (χ0v) is 8.14. The van der Waals surface area contributed by atoms with E-state index in [0.29, 0.717) is 22.9 Å². The monoisotopic (exact) mass is 232 g/mol. The maximum absolute atomic E-state index is 13.2. The molecular weight excluding hydrogens is 223 g/mol. The molecule has 0 saturated carbocycles. The minimum atomic E-state index is -0.217. The number of hydrogen-bond acceptors (Lipinski definition) is 1. The summed E-state index contributed by atoms with van der Waals surface area (Å²) in [7, 11) is 0. The summed E-state index contributed by atoms with van der Waals surface area (Å²) in [6.45, 7) is 0.103. The lowest BCUT2D eigenvalue weighted by molar-refractivity contribution is 0.288. The van der Waals surface area contributed by atoms with E-state index in [1.165, 1.54) is 0 Å². The van der Waals surface area contributed by atoms with E-state index in [2.05, 4.69) is 15.9 Å². The van der Waals surface area contributed by atoms with E-state index in [0.717, 1.165) is 0 Å². The van der Waals surface area contributed by atoms with Crippen molar-refractivity contribution in [2.45, 2.75) is 12.8 Å². The van der Waals surface area contributed by atoms with Crippen LogP contribution in [-0.2, 0) is 6.42 Å². The average Bonchev–Trinajstić information content (AvgIpc) is 2.08. The molecule has 1 N–H and O–H groups in total. The second kappa shape index (κ2) is 4.58. The van der Waals surface area contributed by atoms with Crippen molar-refractivity contribution in [1.82, 2.24) is 0 Å². The molecule has 0 bridgehead atoms. The molecule has 1 nitrogen and oxygen atoms in total. The van der Waals surface area contributed by atoms with Gasteiger partial charge in [-0.3, -0.25) is 0 Å². The van der Waals surface area contributed by atoms with E-state index in [1.54, 1.807) is 18.2 Å². The number of aliphatic hydroxyl groups is 1. The number of benzene rings is 1. The van der Waals surface area contributed by atoms with Gasteiger partial charge in [0.1, 0.15) is 5.82 Å². The van der Waals surface area contributed by atoms with Crippen LogP contribution in [-0.4, -0.2) is 11.7 Å². The molecule has 0 radical (unpaired) electrons. The number of halogens is 2. The first kappa shape index (κ1) is 9.68. The molecule has 1 aromatic carbocycles. The van der Waals surface area contributed by atoms with Gasteiger partial charge in [0.2, 0.25) is 0 Å². The van der Waals surface area contributed by atoms with Crippen LogP contribution >= 0.6 is 15.9 Å². The van der Waals surface area contributed by atoms with E-state index >= 15 is 0 Å². The lowest BCUT2D eigenvalue weighted by atomic mass is 10.1. The summed E-state index contributed by atoms with van der Waals surface area (Å²) in [5, 5.41) is 8.55. The molecule has 0 aromatic heterocycles. The average molecular weight is 233 g/mol. The topological polar surface area (TPSA) is 20.2 Å². The first-order valence-electron chi connectivity index (χ1n) is 3.79. The molecule has 0 aliphatic carbocycles. The molecule has 3 heteroatoms. The zero-order chi connectivity index (χ0) is 8.97. The van der Waals surface area contributed by atoms with Gasteiger partial charge in [-0.05, 0) is 40.4 Å². The number of hydrogen-bond donors (Lipinski definition) is 1. The maximum Gasteiger partial charge on any atom is 0.140 e. The van der Waals surface area contributed by atoms with Crippen LogP contribution in [0.3, 0.4) is 0 Å². The van der Waals surface area contributed by atoms with Crippen LogP contribution in [0, 0.1) is 5.82 Å². The summed E-state index contributed by atoms with van der Waals surface area (Å²) < 4.78 is 13.7. The molecule has 0 unspecified atom stereocenters. The smallest absolute Gasteiger partial charge is 0.140 e. The predicted molar refractivity (Wildman–Crippen MR) is 49.5 cm³/mol. The third-order valence-corrected chi connectivity index (χ3v) is 2.25. The van der Waals surface area contributed by atoms with E-state index in [9.17, 15) is 4.39 Å². The summed E-state index contributed by atoms with van der Waals surface area (Å²) >= 11 is 3.10. The van der Waals surface area contributed by atoms with Gasteiger partial charge >= 0.3 is 0 Å². The van der Waals surface area contributed by atoms with Gasteiger partial charge in [0.15, 0.2) is 0 Å². The normalized spacial score (nSPS) is 10.2. The summed E-state index contributed by atoms with van der Waals surface area (Å²) in [6, 6.07) is 5.19. The van der Waals surface area contributed by atoms with Crippen molar-refractivity contribution in [1.29, 1.82) is 0 Å². The van der Waals surface area contributed by atoms with Crippen molar-refractivity contribution in [3.63, 3.8) is 0 Å². The standard InChI is InChI=1S/C9H10BrFO/c10-8-5-1-3-7(9(8)11)4-2-6-12/h1,3,5,12H,2,4,6H2. The Morgan fingerprint density at radius 3 is 2.83 bits per heavy atom. The second-order valence-electron chi connectivity index (χ2n) is 2.54. The van der Waals surface area contributed by atoms with Gasteiger partial charge in [-0.25, -0.2) is 4.39 Å². The molecule has 0 spiro atoms. The summed E-state index contributed by atoms with van der Waals surface area (Å²) in [5.74, 6) is -0.217. The fourth-order valence-corrected chi connectivity index (χ4v) is 1.42. The van der Waals surface area contributed by atoms with Crippen molar-refractivity contribution < 1.29 is 9.50 Å². The molecule has 0 aliphatic heterocycles. The van der Waals surface area contributed by atoms with Gasteiger partial charge in [-0.15, -0.1) is 0 Å². The Morgan fingerprint density at radius 1 is 1.42 bits per heavy atom. The Labute approximate surface area is 79.4 Å². The quantitative estimate of drug-likeness (QED) is 0.850. The van der Waals surface area contributed by atoms with Crippen molar-refractivity contribution >= 4 is 15.9 Å². The highest BCUT2D eigenvalue weighted by Gasteiger charge is 2.04. The number of rotatable bonds is 3. The highest BCUT2D eigenvalue weighted by Crippen LogP contribution is 2.19. The lowest BCUT2D eigenvalue weighted by Gasteiger charge is -2.02. The SMILES string of the molecule is OCCCc1cccc(Br)c1F. The van der Waals surface area contributed by atoms with Gasteiger partial charge in [0.05, 0.1) is 4.47 Å². The fraction of sp³-hybridized carbons (Fsp3) is 0.333. The van der Waals surface area contributed by atoms with Gasteiger partial charge < -0.3 is 5.11 Å². The number of aliphatic hydroxyl groups excluding tert-OH is 1. The van der Waals surface area contributed by atoms with Gasteiger partial charge in [0, 0.05) is 6.61 Å². The first-order chi connectivity index (χ1) is 5.75. The molecular formula is C9H10BrFO. The molecule has 0 atom stereocenters. The number of aryl methyl sites for hydroxylation is 1. The molecule has 0 amide bonds. The van der Waals surface area contributed by atoms with Crippen LogP contribution < -0.4 is 0 Å².